The van der Waals surface area contributed by atoms with E-state index in [4.69, 9.17) is 0 Å². The largest absolute Gasteiger partial charge is 0.180 e. The van der Waals surface area contributed by atoms with Crippen LogP contribution in [-0.2, 0) is 0 Å². The molecule has 5 aromatic rings. The topological polar surface area (TPSA) is 0 Å². The van der Waals surface area contributed by atoms with Crippen LogP contribution in [0.3, 0.4) is 0 Å². The highest BCUT2D eigenvalue weighted by molar-refractivity contribution is 7.23. The number of hydrogen-bond acceptors (Lipinski definition) is 0. The molecule has 170 valence electrons. The Morgan fingerprint density at radius 1 is 0.457 bits per heavy atom. The first-order valence-electron chi connectivity index (χ1n) is 12.2. The summed E-state index contributed by atoms with van der Waals surface area (Å²) in [5.74, 6) is 0. The number of aryl methyl sites for hydroxylation is 2. The average molecular weight is 467 g/mol. The second kappa shape index (κ2) is 10.1. The summed E-state index contributed by atoms with van der Waals surface area (Å²) in [4.78, 5) is 0. The first-order chi connectivity index (χ1) is 17.2. The third-order valence-corrected chi connectivity index (χ3v) is 11.8. The molecule has 0 aliphatic rings. The number of rotatable bonds is 6. The molecule has 0 saturated heterocycles. The molecule has 5 rings (SSSR count). The zero-order chi connectivity index (χ0) is 24.1. The molecule has 0 heterocycles. The Bertz CT molecular complexity index is 1300. The van der Waals surface area contributed by atoms with Crippen molar-refractivity contribution in [3.8, 4) is 0 Å². The van der Waals surface area contributed by atoms with E-state index in [1.807, 2.05) is 0 Å². The van der Waals surface area contributed by atoms with Crippen molar-refractivity contribution in [3.05, 3.63) is 162 Å². The molecule has 0 unspecified atom stereocenters. The molecule has 0 saturated carbocycles. The standard InChI is InChI=1S/C34H30Si/c1-27-16-15-17-28(2)33(27)26-34(29-18-7-3-8-19-29)35(30-20-9-4-10-21-30,31-22-11-5-12-23-31)32-24-13-6-14-25-32/h3-26H,1-2H3/b34-26+. The molecule has 0 aromatic heterocycles. The van der Waals surface area contributed by atoms with Crippen LogP contribution in [0.25, 0.3) is 11.3 Å². The van der Waals surface area contributed by atoms with Gasteiger partial charge in [0.05, 0.1) is 0 Å². The quantitative estimate of drug-likeness (QED) is 0.151. The van der Waals surface area contributed by atoms with Gasteiger partial charge in [-0.15, -0.1) is 0 Å². The monoisotopic (exact) mass is 466 g/mol. The minimum Gasteiger partial charge on any atom is -0.0623 e. The lowest BCUT2D eigenvalue weighted by atomic mass is 10.0. The Balaban J connectivity index is 1.98. The highest BCUT2D eigenvalue weighted by Gasteiger charge is 2.43. The summed E-state index contributed by atoms with van der Waals surface area (Å²) in [5, 5.41) is 5.57. The van der Waals surface area contributed by atoms with Gasteiger partial charge in [-0.1, -0.05) is 146 Å². The third-order valence-electron chi connectivity index (χ3n) is 6.94. The fourth-order valence-corrected chi connectivity index (χ4v) is 10.2. The second-order valence-electron chi connectivity index (χ2n) is 9.08. The van der Waals surface area contributed by atoms with Crippen molar-refractivity contribution in [2.45, 2.75) is 13.8 Å². The summed E-state index contributed by atoms with van der Waals surface area (Å²) in [7, 11) is -2.66. The van der Waals surface area contributed by atoms with Crippen LogP contribution < -0.4 is 15.6 Å². The van der Waals surface area contributed by atoms with Gasteiger partial charge in [0.15, 0.2) is 8.07 Å². The fourth-order valence-electron chi connectivity index (χ4n) is 5.26. The van der Waals surface area contributed by atoms with Crippen LogP contribution in [-0.4, -0.2) is 8.07 Å². The average Bonchev–Trinajstić information content (AvgIpc) is 2.92. The Morgan fingerprint density at radius 3 is 1.23 bits per heavy atom. The van der Waals surface area contributed by atoms with E-state index in [1.54, 1.807) is 0 Å². The van der Waals surface area contributed by atoms with Crippen molar-refractivity contribution in [2.75, 3.05) is 0 Å². The van der Waals surface area contributed by atoms with Crippen molar-refractivity contribution in [2.24, 2.45) is 0 Å². The van der Waals surface area contributed by atoms with E-state index in [-0.39, 0.29) is 0 Å². The van der Waals surface area contributed by atoms with Crippen molar-refractivity contribution in [3.63, 3.8) is 0 Å². The maximum Gasteiger partial charge on any atom is 0.180 e. The van der Waals surface area contributed by atoms with Crippen LogP contribution in [0.15, 0.2) is 140 Å². The minimum atomic E-state index is -2.66. The number of benzene rings is 5. The lowest BCUT2D eigenvalue weighted by molar-refractivity contribution is 1.36. The zero-order valence-corrected chi connectivity index (χ0v) is 21.4. The molecule has 0 amide bonds. The lowest BCUT2D eigenvalue weighted by Crippen LogP contribution is -2.68. The van der Waals surface area contributed by atoms with Crippen molar-refractivity contribution >= 4 is 34.9 Å². The Labute approximate surface area is 210 Å². The molecule has 0 fully saturated rings. The summed E-state index contributed by atoms with van der Waals surface area (Å²) < 4.78 is 0. The summed E-state index contributed by atoms with van der Waals surface area (Å²) in [6.45, 7) is 4.44. The van der Waals surface area contributed by atoms with Gasteiger partial charge in [-0.3, -0.25) is 0 Å². The molecule has 5 aromatic carbocycles. The smallest absolute Gasteiger partial charge is 0.0623 e. The van der Waals surface area contributed by atoms with Crippen molar-refractivity contribution in [1.82, 2.24) is 0 Å². The van der Waals surface area contributed by atoms with E-state index < -0.39 is 8.07 Å². The van der Waals surface area contributed by atoms with Gasteiger partial charge in [0.2, 0.25) is 0 Å². The van der Waals surface area contributed by atoms with Gasteiger partial charge in [-0.05, 0) is 56.9 Å². The highest BCUT2D eigenvalue weighted by atomic mass is 28.3. The summed E-state index contributed by atoms with van der Waals surface area (Å²) in [5.41, 5.74) is 5.19. The molecule has 0 spiro atoms. The molecule has 0 aliphatic carbocycles. The Hall–Kier alpha value is -3.94. The predicted molar refractivity (Wildman–Crippen MR) is 154 cm³/mol. The molecule has 0 bridgehead atoms. The molecule has 0 radical (unpaired) electrons. The zero-order valence-electron chi connectivity index (χ0n) is 20.4. The molecule has 0 nitrogen and oxygen atoms in total. The lowest BCUT2D eigenvalue weighted by Gasteiger charge is -2.37. The van der Waals surface area contributed by atoms with E-state index in [0.717, 1.165) is 0 Å². The summed E-state index contributed by atoms with van der Waals surface area (Å²) >= 11 is 0. The van der Waals surface area contributed by atoms with Crippen molar-refractivity contribution in [1.29, 1.82) is 0 Å². The molecule has 0 N–H and O–H groups in total. The maximum absolute atomic E-state index is 2.66. The Morgan fingerprint density at radius 2 is 0.829 bits per heavy atom. The van der Waals surface area contributed by atoms with Gasteiger partial charge in [-0.2, -0.15) is 0 Å². The highest BCUT2D eigenvalue weighted by Crippen LogP contribution is 2.31. The third kappa shape index (κ3) is 4.31. The van der Waals surface area contributed by atoms with Crippen LogP contribution in [0.2, 0.25) is 0 Å². The molecule has 0 aliphatic heterocycles. The first kappa shape index (κ1) is 22.8. The molecule has 0 atom stereocenters. The van der Waals surface area contributed by atoms with Crippen LogP contribution in [0.1, 0.15) is 22.3 Å². The molecular weight excluding hydrogens is 436 g/mol. The Kier molecular flexibility index (Phi) is 6.61. The van der Waals surface area contributed by atoms with Gasteiger partial charge < -0.3 is 0 Å². The van der Waals surface area contributed by atoms with Crippen LogP contribution >= 0.6 is 0 Å². The van der Waals surface area contributed by atoms with E-state index in [1.165, 1.54) is 43.0 Å². The SMILES string of the molecule is Cc1cccc(C)c1/C=C(\c1ccccc1)[Si](c1ccccc1)(c1ccccc1)c1ccccc1. The van der Waals surface area contributed by atoms with Gasteiger partial charge in [0.25, 0.3) is 0 Å². The first-order valence-corrected chi connectivity index (χ1v) is 14.2. The second-order valence-corrected chi connectivity index (χ2v) is 12.8. The van der Waals surface area contributed by atoms with Crippen LogP contribution in [0.4, 0.5) is 0 Å². The van der Waals surface area contributed by atoms with Gasteiger partial charge in [-0.25, -0.2) is 0 Å². The van der Waals surface area contributed by atoms with E-state index in [2.05, 4.69) is 159 Å². The van der Waals surface area contributed by atoms with Crippen molar-refractivity contribution < 1.29 is 0 Å². The van der Waals surface area contributed by atoms with Crippen LogP contribution in [0.5, 0.6) is 0 Å². The van der Waals surface area contributed by atoms with Gasteiger partial charge >= 0.3 is 0 Å². The van der Waals surface area contributed by atoms with E-state index in [0.29, 0.717) is 0 Å². The van der Waals surface area contributed by atoms with Gasteiger partial charge in [0.1, 0.15) is 0 Å². The van der Waals surface area contributed by atoms with E-state index >= 15 is 0 Å². The van der Waals surface area contributed by atoms with Crippen LogP contribution in [0, 0.1) is 13.8 Å². The normalized spacial score (nSPS) is 11.9. The molecular formula is C34H30Si. The van der Waals surface area contributed by atoms with Gasteiger partial charge in [0, 0.05) is 0 Å². The minimum absolute atomic E-state index is 1.28. The number of hydrogen-bond donors (Lipinski definition) is 0. The summed E-state index contributed by atoms with van der Waals surface area (Å²) in [6, 6.07) is 51.0. The predicted octanol–water partition coefficient (Wildman–Crippen LogP) is 6.55. The fraction of sp³-hybridized carbons (Fsp3) is 0.0588. The molecule has 1 heteroatoms. The molecule has 35 heavy (non-hydrogen) atoms. The maximum atomic E-state index is 2.49. The van der Waals surface area contributed by atoms with E-state index in [9.17, 15) is 0 Å². The summed E-state index contributed by atoms with van der Waals surface area (Å²) in [6.07, 6.45) is 2.49.